The van der Waals surface area contributed by atoms with Crippen LogP contribution < -0.4 is 4.74 Å². The molecule has 2 rings (SSSR count). The minimum Gasteiger partial charge on any atom is -0.496 e. The quantitative estimate of drug-likeness (QED) is 0.834. The molecule has 1 heterocycles. The molecule has 0 amide bonds. The molecular weight excluding hydrogens is 274 g/mol. The molecule has 0 fully saturated rings. The molecule has 0 saturated carbocycles. The molecule has 1 aromatic heterocycles. The number of aromatic nitrogens is 1. The molecule has 0 atom stereocenters. The van der Waals surface area contributed by atoms with E-state index in [2.05, 4.69) is 27.8 Å². The largest absolute Gasteiger partial charge is 0.496 e. The van der Waals surface area contributed by atoms with Crippen LogP contribution in [0.15, 0.2) is 28.2 Å². The zero-order valence-electron chi connectivity index (χ0n) is 8.45. The summed E-state index contributed by atoms with van der Waals surface area (Å²) >= 11 is 5.03. The molecule has 1 aromatic carbocycles. The predicted molar refractivity (Wildman–Crippen MR) is 66.5 cm³/mol. The third-order valence-corrected chi connectivity index (χ3v) is 3.55. The number of nitrogens with zero attached hydrogens (tertiary/aromatic N) is 1. The number of thiazole rings is 1. The lowest BCUT2D eigenvalue weighted by atomic mass is 10.1. The summed E-state index contributed by atoms with van der Waals surface area (Å²) in [6.45, 7) is 2.06. The normalized spacial score (nSPS) is 10.3. The summed E-state index contributed by atoms with van der Waals surface area (Å²) in [5, 5.41) is 0. The molecule has 0 N–H and O–H groups in total. The molecule has 0 radical (unpaired) electrons. The summed E-state index contributed by atoms with van der Waals surface area (Å²) in [6, 6.07) is 7.92. The van der Waals surface area contributed by atoms with Gasteiger partial charge in [-0.1, -0.05) is 12.1 Å². The topological polar surface area (TPSA) is 22.1 Å². The van der Waals surface area contributed by atoms with Crippen LogP contribution in [-0.4, -0.2) is 12.1 Å². The number of halogens is 1. The lowest BCUT2D eigenvalue weighted by Crippen LogP contribution is -1.88. The Kier molecular flexibility index (Phi) is 3.07. The maximum Gasteiger partial charge on any atom is 0.160 e. The average Bonchev–Trinajstić information content (AvgIpc) is 2.57. The van der Waals surface area contributed by atoms with Crippen molar-refractivity contribution in [2.75, 3.05) is 7.11 Å². The van der Waals surface area contributed by atoms with E-state index in [0.29, 0.717) is 0 Å². The SMILES string of the molecule is COc1ccccc1-c1nc(Br)sc1C. The number of methoxy groups -OCH3 is 1. The number of benzene rings is 1. The monoisotopic (exact) mass is 283 g/mol. The number of hydrogen-bond donors (Lipinski definition) is 0. The van der Waals surface area contributed by atoms with E-state index in [4.69, 9.17) is 4.74 Å². The van der Waals surface area contributed by atoms with Crippen LogP contribution in [0.2, 0.25) is 0 Å². The van der Waals surface area contributed by atoms with Gasteiger partial charge in [-0.25, -0.2) is 4.98 Å². The highest BCUT2D eigenvalue weighted by Gasteiger charge is 2.11. The number of aryl methyl sites for hydroxylation is 1. The van der Waals surface area contributed by atoms with E-state index in [0.717, 1.165) is 20.9 Å². The van der Waals surface area contributed by atoms with Crippen LogP contribution in [-0.2, 0) is 0 Å². The lowest BCUT2D eigenvalue weighted by molar-refractivity contribution is 0.416. The molecule has 0 unspecified atom stereocenters. The first kappa shape index (κ1) is 10.6. The van der Waals surface area contributed by atoms with Gasteiger partial charge in [0.25, 0.3) is 0 Å². The zero-order chi connectivity index (χ0) is 10.8. The van der Waals surface area contributed by atoms with Gasteiger partial charge in [-0.15, -0.1) is 11.3 Å². The molecule has 0 aliphatic rings. The lowest BCUT2D eigenvalue weighted by Gasteiger charge is -2.05. The van der Waals surface area contributed by atoms with Crippen molar-refractivity contribution >= 4 is 27.3 Å². The number of ether oxygens (including phenoxy) is 1. The van der Waals surface area contributed by atoms with Crippen LogP contribution in [0.4, 0.5) is 0 Å². The van der Waals surface area contributed by atoms with E-state index in [1.807, 2.05) is 24.3 Å². The van der Waals surface area contributed by atoms with Gasteiger partial charge in [0.15, 0.2) is 3.92 Å². The molecule has 15 heavy (non-hydrogen) atoms. The van der Waals surface area contributed by atoms with Gasteiger partial charge in [-0.3, -0.25) is 0 Å². The third kappa shape index (κ3) is 2.06. The summed E-state index contributed by atoms with van der Waals surface area (Å²) in [5.74, 6) is 0.860. The van der Waals surface area contributed by atoms with Crippen LogP contribution in [0.5, 0.6) is 5.75 Å². The van der Waals surface area contributed by atoms with Crippen LogP contribution in [0.25, 0.3) is 11.3 Å². The predicted octanol–water partition coefficient (Wildman–Crippen LogP) is 3.89. The highest BCUT2D eigenvalue weighted by molar-refractivity contribution is 9.11. The van der Waals surface area contributed by atoms with Crippen molar-refractivity contribution in [1.29, 1.82) is 0 Å². The van der Waals surface area contributed by atoms with Crippen LogP contribution in [0, 0.1) is 6.92 Å². The number of rotatable bonds is 2. The van der Waals surface area contributed by atoms with Crippen LogP contribution >= 0.6 is 27.3 Å². The first-order valence-corrected chi connectivity index (χ1v) is 6.09. The fourth-order valence-electron chi connectivity index (χ4n) is 1.45. The number of para-hydroxylation sites is 1. The van der Waals surface area contributed by atoms with Gasteiger partial charge in [-0.2, -0.15) is 0 Å². The van der Waals surface area contributed by atoms with Crippen molar-refractivity contribution in [3.05, 3.63) is 33.1 Å². The van der Waals surface area contributed by atoms with Gasteiger partial charge in [0.05, 0.1) is 12.8 Å². The Morgan fingerprint density at radius 1 is 1.33 bits per heavy atom. The van der Waals surface area contributed by atoms with Crippen LogP contribution in [0.1, 0.15) is 4.88 Å². The number of hydrogen-bond acceptors (Lipinski definition) is 3. The van der Waals surface area contributed by atoms with Crippen molar-refractivity contribution in [1.82, 2.24) is 4.98 Å². The summed E-state index contributed by atoms with van der Waals surface area (Å²) in [6.07, 6.45) is 0. The molecule has 2 nitrogen and oxygen atoms in total. The Balaban J connectivity index is 2.58. The third-order valence-electron chi connectivity index (χ3n) is 2.13. The molecule has 0 bridgehead atoms. The Hall–Kier alpha value is -0.870. The van der Waals surface area contributed by atoms with Crippen molar-refractivity contribution in [2.45, 2.75) is 6.92 Å². The minimum absolute atomic E-state index is 0.860. The van der Waals surface area contributed by atoms with E-state index in [1.165, 1.54) is 4.88 Å². The second-order valence-corrected chi connectivity index (χ2v) is 5.55. The molecule has 0 aliphatic carbocycles. The Bertz CT molecular complexity index is 481. The van der Waals surface area contributed by atoms with Gasteiger partial charge < -0.3 is 4.74 Å². The van der Waals surface area contributed by atoms with E-state index >= 15 is 0 Å². The summed E-state index contributed by atoms with van der Waals surface area (Å²) < 4.78 is 6.22. The molecule has 4 heteroatoms. The molecular formula is C11H10BrNOS. The fourth-order valence-corrected chi connectivity index (χ4v) is 3.00. The second-order valence-electron chi connectivity index (χ2n) is 3.07. The average molecular weight is 284 g/mol. The Labute approximate surface area is 101 Å². The minimum atomic E-state index is 0.860. The second kappa shape index (κ2) is 4.33. The van der Waals surface area contributed by atoms with Crippen LogP contribution in [0.3, 0.4) is 0 Å². The molecule has 0 spiro atoms. The van der Waals surface area contributed by atoms with Crippen molar-refractivity contribution in [2.24, 2.45) is 0 Å². The van der Waals surface area contributed by atoms with Gasteiger partial charge >= 0.3 is 0 Å². The smallest absolute Gasteiger partial charge is 0.160 e. The van der Waals surface area contributed by atoms with Gasteiger partial charge in [-0.05, 0) is 35.0 Å². The van der Waals surface area contributed by atoms with Crippen molar-refractivity contribution in [3.63, 3.8) is 0 Å². The standard InChI is InChI=1S/C11H10BrNOS/c1-7-10(13-11(12)15-7)8-5-3-4-6-9(8)14-2/h3-6H,1-2H3. The summed E-state index contributed by atoms with van der Waals surface area (Å²) in [7, 11) is 1.68. The zero-order valence-corrected chi connectivity index (χ0v) is 10.9. The van der Waals surface area contributed by atoms with Gasteiger partial charge in [0.1, 0.15) is 5.75 Å². The molecule has 2 aromatic rings. The van der Waals surface area contributed by atoms with E-state index in [-0.39, 0.29) is 0 Å². The Morgan fingerprint density at radius 3 is 2.67 bits per heavy atom. The highest BCUT2D eigenvalue weighted by Crippen LogP contribution is 2.35. The first-order chi connectivity index (χ1) is 7.22. The van der Waals surface area contributed by atoms with Gasteiger partial charge in [0.2, 0.25) is 0 Å². The first-order valence-electron chi connectivity index (χ1n) is 4.48. The van der Waals surface area contributed by atoms with E-state index in [1.54, 1.807) is 18.4 Å². The molecule has 78 valence electrons. The van der Waals surface area contributed by atoms with Crippen molar-refractivity contribution in [3.8, 4) is 17.0 Å². The summed E-state index contributed by atoms with van der Waals surface area (Å²) in [5.41, 5.74) is 2.03. The Morgan fingerprint density at radius 2 is 2.07 bits per heavy atom. The van der Waals surface area contributed by atoms with Gasteiger partial charge in [0, 0.05) is 10.4 Å². The maximum atomic E-state index is 5.31. The van der Waals surface area contributed by atoms with Crippen molar-refractivity contribution < 1.29 is 4.74 Å². The highest BCUT2D eigenvalue weighted by atomic mass is 79.9. The maximum absolute atomic E-state index is 5.31. The molecule has 0 saturated heterocycles. The molecule has 0 aliphatic heterocycles. The summed E-state index contributed by atoms with van der Waals surface area (Å²) in [4.78, 5) is 5.63. The van der Waals surface area contributed by atoms with E-state index < -0.39 is 0 Å². The fraction of sp³-hybridized carbons (Fsp3) is 0.182. The van der Waals surface area contributed by atoms with E-state index in [9.17, 15) is 0 Å².